The maximum Gasteiger partial charge on any atom is 0.164 e. The standard InChI is InChI=1S/C60H41N7/c1-2-54-61-50-27-14-15-28-53(50)67(54)43-24-16-23-40(33-43)51-36-52(63-57(62-51)37-17-6-3-7-18-37)41-29-31-46-48(34-41)55-44-25-12-13-26-45(44)56(46)49-35-42(30-32-47(49)55)60-65-58(38-19-8-4-9-20-38)64-59(66-60)39-21-10-5-11-22-39/h3-36,55-56H,2H2,1H3. The van der Waals surface area contributed by atoms with Crippen LogP contribution in [0.1, 0.15) is 58.0 Å². The van der Waals surface area contributed by atoms with Gasteiger partial charge in [0.25, 0.3) is 0 Å². The van der Waals surface area contributed by atoms with E-state index in [4.69, 9.17) is 29.9 Å². The van der Waals surface area contributed by atoms with Gasteiger partial charge in [-0.15, -0.1) is 0 Å². The van der Waals surface area contributed by atoms with Gasteiger partial charge in [0.1, 0.15) is 5.82 Å². The average molecular weight is 860 g/mol. The largest absolute Gasteiger partial charge is 0.296 e. The van der Waals surface area contributed by atoms with E-state index in [1.54, 1.807) is 0 Å². The van der Waals surface area contributed by atoms with Crippen molar-refractivity contribution in [3.05, 3.63) is 245 Å². The highest BCUT2D eigenvalue weighted by Gasteiger charge is 2.41. The molecule has 2 bridgehead atoms. The summed E-state index contributed by atoms with van der Waals surface area (Å²) in [6.45, 7) is 2.16. The zero-order valence-electron chi connectivity index (χ0n) is 36.6. The number of imidazole rings is 1. The summed E-state index contributed by atoms with van der Waals surface area (Å²) in [5, 5.41) is 0. The second-order valence-corrected chi connectivity index (χ2v) is 17.3. The zero-order chi connectivity index (χ0) is 44.4. The van der Waals surface area contributed by atoms with Gasteiger partial charge in [-0.2, -0.15) is 0 Å². The summed E-state index contributed by atoms with van der Waals surface area (Å²) in [6.07, 6.45) is 0.815. The summed E-state index contributed by atoms with van der Waals surface area (Å²) in [7, 11) is 0. The van der Waals surface area contributed by atoms with Gasteiger partial charge < -0.3 is 0 Å². The Morgan fingerprint density at radius 3 is 1.37 bits per heavy atom. The van der Waals surface area contributed by atoms with Crippen molar-refractivity contribution >= 4 is 11.0 Å². The Labute approximate surface area is 388 Å². The Balaban J connectivity index is 0.929. The van der Waals surface area contributed by atoms with Gasteiger partial charge in [0.2, 0.25) is 0 Å². The third kappa shape index (κ3) is 6.58. The Morgan fingerprint density at radius 1 is 0.343 bits per heavy atom. The number of aromatic nitrogens is 7. The fourth-order valence-electron chi connectivity index (χ4n) is 10.3. The molecule has 0 spiro atoms. The molecule has 67 heavy (non-hydrogen) atoms. The lowest BCUT2D eigenvalue weighted by Crippen LogP contribution is -2.27. The van der Waals surface area contributed by atoms with Crippen molar-refractivity contribution in [1.82, 2.24) is 34.5 Å². The van der Waals surface area contributed by atoms with E-state index in [2.05, 4.69) is 157 Å². The fraction of sp³-hybridized carbons (Fsp3) is 0.0667. The third-order valence-electron chi connectivity index (χ3n) is 13.4. The molecule has 3 aromatic heterocycles. The first-order valence-corrected chi connectivity index (χ1v) is 22.9. The van der Waals surface area contributed by atoms with Crippen LogP contribution in [0.5, 0.6) is 0 Å². The summed E-state index contributed by atoms with van der Waals surface area (Å²) in [5.41, 5.74) is 18.7. The number of fused-ring (bicyclic) bond motifs is 1. The average Bonchev–Trinajstić information content (AvgIpc) is 3.80. The molecule has 0 radical (unpaired) electrons. The molecule has 3 aliphatic carbocycles. The van der Waals surface area contributed by atoms with E-state index in [-0.39, 0.29) is 11.8 Å². The molecule has 0 aliphatic heterocycles. The van der Waals surface area contributed by atoms with Crippen LogP contribution in [0.3, 0.4) is 0 Å². The predicted octanol–water partition coefficient (Wildman–Crippen LogP) is 13.6. The van der Waals surface area contributed by atoms with Crippen LogP contribution in [-0.4, -0.2) is 34.5 Å². The molecule has 2 unspecified atom stereocenters. The zero-order valence-corrected chi connectivity index (χ0v) is 36.6. The van der Waals surface area contributed by atoms with Gasteiger partial charge in [0, 0.05) is 57.3 Å². The lowest BCUT2D eigenvalue weighted by atomic mass is 9.60. The Bertz CT molecular complexity index is 3640. The number of nitrogens with zero attached hydrogens (tertiary/aromatic N) is 7. The summed E-state index contributed by atoms with van der Waals surface area (Å²) in [4.78, 5) is 30.7. The number of para-hydroxylation sites is 2. The van der Waals surface area contributed by atoms with E-state index in [0.717, 1.165) is 73.7 Å². The highest BCUT2D eigenvalue weighted by atomic mass is 15.1. The lowest BCUT2D eigenvalue weighted by Gasteiger charge is -2.42. The first-order valence-electron chi connectivity index (χ1n) is 22.9. The maximum absolute atomic E-state index is 5.30. The normalized spacial score (nSPS) is 14.4. The van der Waals surface area contributed by atoms with Crippen molar-refractivity contribution < 1.29 is 0 Å². The van der Waals surface area contributed by atoms with Crippen LogP contribution in [0.15, 0.2) is 206 Å². The highest BCUT2D eigenvalue weighted by molar-refractivity contribution is 5.81. The van der Waals surface area contributed by atoms with Crippen LogP contribution < -0.4 is 0 Å². The van der Waals surface area contributed by atoms with E-state index in [9.17, 15) is 0 Å². The number of rotatable bonds is 8. The minimum absolute atomic E-state index is 0.0417. The molecule has 2 atom stereocenters. The molecule has 3 aliphatic rings. The lowest BCUT2D eigenvalue weighted by molar-refractivity contribution is 0.754. The van der Waals surface area contributed by atoms with Crippen LogP contribution >= 0.6 is 0 Å². The van der Waals surface area contributed by atoms with Gasteiger partial charge in [-0.1, -0.05) is 171 Å². The smallest absolute Gasteiger partial charge is 0.164 e. The summed E-state index contributed by atoms with van der Waals surface area (Å²) < 4.78 is 2.27. The summed E-state index contributed by atoms with van der Waals surface area (Å²) in [5.74, 6) is 3.76. The fourth-order valence-corrected chi connectivity index (χ4v) is 10.3. The Kier molecular flexibility index (Phi) is 9.13. The van der Waals surface area contributed by atoms with Gasteiger partial charge in [0.15, 0.2) is 23.3 Å². The monoisotopic (exact) mass is 859 g/mol. The molecule has 8 aromatic carbocycles. The van der Waals surface area contributed by atoms with Crippen molar-refractivity contribution in [1.29, 1.82) is 0 Å². The van der Waals surface area contributed by atoms with E-state index < -0.39 is 0 Å². The molecule has 0 saturated heterocycles. The Hall–Kier alpha value is -8.68. The topological polar surface area (TPSA) is 82.3 Å². The second-order valence-electron chi connectivity index (χ2n) is 17.3. The van der Waals surface area contributed by atoms with Gasteiger partial charge in [0.05, 0.1) is 22.4 Å². The molecule has 0 saturated carbocycles. The van der Waals surface area contributed by atoms with Crippen LogP contribution in [0.2, 0.25) is 0 Å². The minimum atomic E-state index is 0.0417. The number of aryl methyl sites for hydroxylation is 1. The summed E-state index contributed by atoms with van der Waals surface area (Å²) in [6, 6.07) is 72.5. The molecule has 3 heterocycles. The van der Waals surface area contributed by atoms with Gasteiger partial charge >= 0.3 is 0 Å². The van der Waals surface area contributed by atoms with E-state index in [1.165, 1.54) is 33.4 Å². The number of benzene rings is 8. The maximum atomic E-state index is 5.30. The second kappa shape index (κ2) is 15.8. The first-order chi connectivity index (χ1) is 33.1. The minimum Gasteiger partial charge on any atom is -0.296 e. The van der Waals surface area contributed by atoms with Crippen LogP contribution in [0.4, 0.5) is 0 Å². The van der Waals surface area contributed by atoms with Crippen LogP contribution in [-0.2, 0) is 6.42 Å². The van der Waals surface area contributed by atoms with Crippen molar-refractivity contribution in [2.45, 2.75) is 25.2 Å². The van der Waals surface area contributed by atoms with Crippen molar-refractivity contribution in [3.8, 4) is 73.8 Å². The SMILES string of the molecule is CCc1nc2ccccc2n1-c1cccc(-c2cc(-c3ccc4c(c3)C3c5ccccc5C4c4cc(-c5nc(-c6ccccc6)nc(-c6ccccc6)n5)ccc43)nc(-c3ccccc3)n2)c1. The number of hydrogen-bond acceptors (Lipinski definition) is 6. The Morgan fingerprint density at radius 2 is 0.791 bits per heavy atom. The molecule has 0 N–H and O–H groups in total. The molecular weight excluding hydrogens is 819 g/mol. The van der Waals surface area contributed by atoms with Gasteiger partial charge in [-0.3, -0.25) is 4.57 Å². The van der Waals surface area contributed by atoms with E-state index >= 15 is 0 Å². The molecule has 11 aromatic rings. The molecule has 7 nitrogen and oxygen atoms in total. The molecule has 316 valence electrons. The predicted molar refractivity (Wildman–Crippen MR) is 267 cm³/mol. The molecule has 0 amide bonds. The quantitative estimate of drug-likeness (QED) is 0.151. The van der Waals surface area contributed by atoms with Crippen molar-refractivity contribution in [2.24, 2.45) is 0 Å². The summed E-state index contributed by atoms with van der Waals surface area (Å²) >= 11 is 0. The van der Waals surface area contributed by atoms with E-state index in [1.807, 2.05) is 60.7 Å². The first kappa shape index (κ1) is 38.8. The highest BCUT2D eigenvalue weighted by Crippen LogP contribution is 2.56. The van der Waals surface area contributed by atoms with Gasteiger partial charge in [-0.05, 0) is 75.8 Å². The van der Waals surface area contributed by atoms with Crippen LogP contribution in [0.25, 0.3) is 84.8 Å². The van der Waals surface area contributed by atoms with E-state index in [0.29, 0.717) is 23.3 Å². The molecule has 7 heteroatoms. The molecule has 0 fully saturated rings. The van der Waals surface area contributed by atoms with Crippen molar-refractivity contribution in [3.63, 3.8) is 0 Å². The molecular formula is C60H41N7. The third-order valence-corrected chi connectivity index (χ3v) is 13.4. The molecule has 14 rings (SSSR count). The van der Waals surface area contributed by atoms with Gasteiger partial charge in [-0.25, -0.2) is 29.9 Å². The van der Waals surface area contributed by atoms with Crippen LogP contribution in [0, 0.1) is 0 Å². The number of hydrogen-bond donors (Lipinski definition) is 0. The van der Waals surface area contributed by atoms with Crippen molar-refractivity contribution in [2.75, 3.05) is 0 Å².